The van der Waals surface area contributed by atoms with Crippen LogP contribution < -0.4 is 5.32 Å². The highest BCUT2D eigenvalue weighted by Crippen LogP contribution is 2.16. The van der Waals surface area contributed by atoms with Gasteiger partial charge in [-0.3, -0.25) is 9.59 Å². The topological polar surface area (TPSA) is 85.6 Å². The number of Topliss-reactive ketones (excluding diaryl/α,β-unsaturated/α-hetero) is 1. The predicted molar refractivity (Wildman–Crippen MR) is 108 cm³/mol. The average molecular weight is 391 g/mol. The number of carbonyl (C=O) groups excluding carboxylic acids is 3. The number of hydrogen-bond donors (Lipinski definition) is 1. The molecule has 0 radical (unpaired) electrons. The summed E-state index contributed by atoms with van der Waals surface area (Å²) in [7, 11) is 0. The second-order valence-electron chi connectivity index (χ2n) is 6.72. The lowest BCUT2D eigenvalue weighted by Gasteiger charge is -2.13. The Balaban J connectivity index is 1.61. The molecule has 1 atom stereocenters. The lowest BCUT2D eigenvalue weighted by molar-refractivity contribution is 0.0319. The van der Waals surface area contributed by atoms with Crippen molar-refractivity contribution in [3.63, 3.8) is 0 Å². The van der Waals surface area contributed by atoms with Gasteiger partial charge in [0.25, 0.3) is 5.91 Å². The van der Waals surface area contributed by atoms with Crippen LogP contribution in [0.1, 0.15) is 49.3 Å². The van der Waals surface area contributed by atoms with Gasteiger partial charge in [-0.05, 0) is 74.4 Å². The zero-order valence-electron chi connectivity index (χ0n) is 16.4. The standard InChI is InChI=1S/C23H21NO5/c1-14-6-7-18(13-15(14)2)21(25)16(3)29-23(27)17-8-10-19(11-9-17)24-22(26)20-5-4-12-28-20/h4-13,16H,1-3H3,(H,24,26)/t16-/m1/s1. The third-order valence-electron chi connectivity index (χ3n) is 4.57. The smallest absolute Gasteiger partial charge is 0.338 e. The molecular formula is C23H21NO5. The molecule has 0 fully saturated rings. The van der Waals surface area contributed by atoms with E-state index in [1.807, 2.05) is 19.9 Å². The van der Waals surface area contributed by atoms with E-state index >= 15 is 0 Å². The first-order chi connectivity index (χ1) is 13.8. The number of rotatable bonds is 6. The number of carbonyl (C=O) groups is 3. The lowest BCUT2D eigenvalue weighted by atomic mass is 10.0. The van der Waals surface area contributed by atoms with Crippen molar-refractivity contribution in [1.82, 2.24) is 0 Å². The van der Waals surface area contributed by atoms with Crippen LogP contribution in [0.15, 0.2) is 65.3 Å². The van der Waals surface area contributed by atoms with Crippen molar-refractivity contribution in [3.8, 4) is 0 Å². The summed E-state index contributed by atoms with van der Waals surface area (Å²) in [4.78, 5) is 36.8. The van der Waals surface area contributed by atoms with E-state index in [4.69, 9.17) is 9.15 Å². The maximum atomic E-state index is 12.5. The summed E-state index contributed by atoms with van der Waals surface area (Å²) >= 11 is 0. The number of hydrogen-bond acceptors (Lipinski definition) is 5. The van der Waals surface area contributed by atoms with E-state index in [1.165, 1.54) is 18.4 Å². The SMILES string of the molecule is Cc1ccc(C(=O)[C@@H](C)OC(=O)c2ccc(NC(=O)c3ccco3)cc2)cc1C. The van der Waals surface area contributed by atoms with Crippen LogP contribution in [0.5, 0.6) is 0 Å². The maximum Gasteiger partial charge on any atom is 0.338 e. The van der Waals surface area contributed by atoms with Crippen LogP contribution in [0.4, 0.5) is 5.69 Å². The molecule has 2 aromatic carbocycles. The zero-order valence-corrected chi connectivity index (χ0v) is 16.4. The third-order valence-corrected chi connectivity index (χ3v) is 4.57. The number of amides is 1. The van der Waals surface area contributed by atoms with E-state index < -0.39 is 18.0 Å². The number of ether oxygens (including phenoxy) is 1. The quantitative estimate of drug-likeness (QED) is 0.491. The Kier molecular flexibility index (Phi) is 5.93. The van der Waals surface area contributed by atoms with Gasteiger partial charge in [0.15, 0.2) is 11.9 Å². The summed E-state index contributed by atoms with van der Waals surface area (Å²) in [5.41, 5.74) is 3.37. The Hall–Kier alpha value is -3.67. The number of furan rings is 1. The Labute approximate surface area is 168 Å². The summed E-state index contributed by atoms with van der Waals surface area (Å²) in [6.07, 6.45) is 0.497. The summed E-state index contributed by atoms with van der Waals surface area (Å²) in [5.74, 6) is -1.08. The number of esters is 1. The minimum atomic E-state index is -0.914. The molecule has 0 saturated carbocycles. The second-order valence-corrected chi connectivity index (χ2v) is 6.72. The molecule has 3 rings (SSSR count). The Morgan fingerprint density at radius 3 is 2.24 bits per heavy atom. The number of ketones is 1. The van der Waals surface area contributed by atoms with Crippen molar-refractivity contribution in [1.29, 1.82) is 0 Å². The van der Waals surface area contributed by atoms with Gasteiger partial charge in [0, 0.05) is 11.3 Å². The molecule has 0 unspecified atom stereocenters. The molecule has 6 nitrogen and oxygen atoms in total. The maximum absolute atomic E-state index is 12.5. The number of nitrogens with one attached hydrogen (secondary N) is 1. The largest absolute Gasteiger partial charge is 0.459 e. The van der Waals surface area contributed by atoms with Gasteiger partial charge in [0.2, 0.25) is 5.78 Å². The number of aryl methyl sites for hydroxylation is 2. The minimum absolute atomic E-state index is 0.187. The fraction of sp³-hybridized carbons (Fsp3) is 0.174. The summed E-state index contributed by atoms with van der Waals surface area (Å²) in [6, 6.07) is 14.8. The highest BCUT2D eigenvalue weighted by Gasteiger charge is 2.21. The molecule has 148 valence electrons. The van der Waals surface area contributed by atoms with E-state index in [1.54, 1.807) is 43.3 Å². The Morgan fingerprint density at radius 2 is 1.62 bits per heavy atom. The van der Waals surface area contributed by atoms with Crippen LogP contribution in [0.2, 0.25) is 0 Å². The molecule has 3 aromatic rings. The third kappa shape index (κ3) is 4.79. The van der Waals surface area contributed by atoms with Crippen molar-refractivity contribution in [2.45, 2.75) is 26.9 Å². The van der Waals surface area contributed by atoms with Crippen molar-refractivity contribution in [2.24, 2.45) is 0 Å². The lowest BCUT2D eigenvalue weighted by Crippen LogP contribution is -2.24. The van der Waals surface area contributed by atoms with E-state index in [2.05, 4.69) is 5.32 Å². The van der Waals surface area contributed by atoms with Gasteiger partial charge in [-0.1, -0.05) is 12.1 Å². The number of anilines is 1. The first-order valence-electron chi connectivity index (χ1n) is 9.12. The Bertz CT molecular complexity index is 1040. The van der Waals surface area contributed by atoms with Crippen molar-refractivity contribution < 1.29 is 23.5 Å². The van der Waals surface area contributed by atoms with Crippen LogP contribution in [0, 0.1) is 13.8 Å². The molecule has 1 N–H and O–H groups in total. The van der Waals surface area contributed by atoms with Crippen LogP contribution in [0.25, 0.3) is 0 Å². The molecule has 0 aliphatic carbocycles. The molecule has 0 spiro atoms. The zero-order chi connectivity index (χ0) is 21.0. The van der Waals surface area contributed by atoms with Crippen molar-refractivity contribution in [3.05, 3.63) is 88.9 Å². The number of benzene rings is 2. The van der Waals surface area contributed by atoms with E-state index in [-0.39, 0.29) is 17.1 Å². The summed E-state index contributed by atoms with van der Waals surface area (Å²) < 4.78 is 10.3. The van der Waals surface area contributed by atoms with Gasteiger partial charge in [-0.2, -0.15) is 0 Å². The molecule has 1 amide bonds. The molecule has 6 heteroatoms. The van der Waals surface area contributed by atoms with Gasteiger partial charge in [0.05, 0.1) is 11.8 Å². The van der Waals surface area contributed by atoms with Crippen LogP contribution >= 0.6 is 0 Å². The van der Waals surface area contributed by atoms with Gasteiger partial charge in [0.1, 0.15) is 0 Å². The predicted octanol–water partition coefficient (Wildman–Crippen LogP) is 4.58. The summed E-state index contributed by atoms with van der Waals surface area (Å²) in [5, 5.41) is 2.66. The molecular weight excluding hydrogens is 370 g/mol. The van der Waals surface area contributed by atoms with Gasteiger partial charge in [-0.25, -0.2) is 4.79 Å². The monoisotopic (exact) mass is 391 g/mol. The fourth-order valence-corrected chi connectivity index (χ4v) is 2.70. The minimum Gasteiger partial charge on any atom is -0.459 e. The van der Waals surface area contributed by atoms with Crippen LogP contribution in [0.3, 0.4) is 0 Å². The molecule has 0 saturated heterocycles. The molecule has 29 heavy (non-hydrogen) atoms. The van der Waals surface area contributed by atoms with Crippen molar-refractivity contribution in [2.75, 3.05) is 5.32 Å². The highest BCUT2D eigenvalue weighted by molar-refractivity contribution is 6.03. The van der Waals surface area contributed by atoms with Crippen LogP contribution in [-0.2, 0) is 4.74 Å². The molecule has 0 aliphatic rings. The van der Waals surface area contributed by atoms with Gasteiger partial charge in [-0.15, -0.1) is 0 Å². The second kappa shape index (κ2) is 8.56. The molecule has 0 bridgehead atoms. The van der Waals surface area contributed by atoms with Crippen LogP contribution in [-0.4, -0.2) is 23.8 Å². The van der Waals surface area contributed by atoms with E-state index in [0.29, 0.717) is 11.3 Å². The van der Waals surface area contributed by atoms with Crippen molar-refractivity contribution >= 4 is 23.3 Å². The molecule has 0 aliphatic heterocycles. The first-order valence-corrected chi connectivity index (χ1v) is 9.12. The first kappa shape index (κ1) is 20.1. The van der Waals surface area contributed by atoms with Gasteiger partial charge >= 0.3 is 5.97 Å². The van der Waals surface area contributed by atoms with E-state index in [9.17, 15) is 14.4 Å². The summed E-state index contributed by atoms with van der Waals surface area (Å²) in [6.45, 7) is 5.44. The molecule has 1 aromatic heterocycles. The van der Waals surface area contributed by atoms with E-state index in [0.717, 1.165) is 11.1 Å². The van der Waals surface area contributed by atoms with Gasteiger partial charge < -0.3 is 14.5 Å². The normalized spacial score (nSPS) is 11.6. The highest BCUT2D eigenvalue weighted by atomic mass is 16.5. The molecule has 1 heterocycles. The fourth-order valence-electron chi connectivity index (χ4n) is 2.70. The Morgan fingerprint density at radius 1 is 0.931 bits per heavy atom. The average Bonchev–Trinajstić information content (AvgIpc) is 3.25.